The number of rotatable bonds is 3. The second-order valence-corrected chi connectivity index (χ2v) is 4.94. The lowest BCUT2D eigenvalue weighted by molar-refractivity contribution is 0.609. The van der Waals surface area contributed by atoms with Gasteiger partial charge in [-0.05, 0) is 24.3 Å². The lowest BCUT2D eigenvalue weighted by Gasteiger charge is -1.99. The molecular formula is C7H8ClN3O2S. The summed E-state index contributed by atoms with van der Waals surface area (Å²) in [6, 6.07) is 5.86. The first-order valence-corrected chi connectivity index (χ1v) is 5.94. The smallest absolute Gasteiger partial charge is 0.260 e. The highest BCUT2D eigenvalue weighted by Crippen LogP contribution is 2.17. The van der Waals surface area contributed by atoms with E-state index in [0.717, 1.165) is 0 Å². The molecule has 0 saturated heterocycles. The first-order chi connectivity index (χ1) is 6.54. The average molecular weight is 234 g/mol. The van der Waals surface area contributed by atoms with Gasteiger partial charge in [-0.1, -0.05) is 5.22 Å². The second-order valence-electron chi connectivity index (χ2n) is 2.37. The SMILES string of the molecule is CN=NNc1ccc(S(=O)(=O)Cl)cc1. The zero-order chi connectivity index (χ0) is 10.6. The van der Waals surface area contributed by atoms with Crippen molar-refractivity contribution in [3.63, 3.8) is 0 Å². The number of nitrogens with one attached hydrogen (secondary N) is 1. The first kappa shape index (κ1) is 10.9. The Morgan fingerprint density at radius 2 is 1.86 bits per heavy atom. The Kier molecular flexibility index (Phi) is 3.43. The quantitative estimate of drug-likeness (QED) is 0.493. The van der Waals surface area contributed by atoms with E-state index in [1.807, 2.05) is 0 Å². The largest absolute Gasteiger partial charge is 0.261 e. The van der Waals surface area contributed by atoms with E-state index < -0.39 is 9.05 Å². The molecule has 1 rings (SSSR count). The van der Waals surface area contributed by atoms with Crippen LogP contribution in [0.2, 0.25) is 0 Å². The predicted molar refractivity (Wildman–Crippen MR) is 53.9 cm³/mol. The zero-order valence-electron chi connectivity index (χ0n) is 7.31. The Hall–Kier alpha value is -1.14. The number of halogens is 1. The summed E-state index contributed by atoms with van der Waals surface area (Å²) in [6.07, 6.45) is 0. The molecule has 0 aliphatic rings. The molecule has 0 saturated carbocycles. The molecule has 0 aliphatic heterocycles. The van der Waals surface area contributed by atoms with Gasteiger partial charge in [-0.15, -0.1) is 0 Å². The molecule has 1 aromatic carbocycles. The van der Waals surface area contributed by atoms with Gasteiger partial charge in [-0.2, -0.15) is 5.11 Å². The Labute approximate surface area is 86.2 Å². The molecule has 7 heteroatoms. The summed E-state index contributed by atoms with van der Waals surface area (Å²) in [5.41, 5.74) is 3.23. The van der Waals surface area contributed by atoms with Crippen LogP contribution in [-0.2, 0) is 9.05 Å². The summed E-state index contributed by atoms with van der Waals surface area (Å²) < 4.78 is 21.7. The van der Waals surface area contributed by atoms with Crippen LogP contribution in [0, 0.1) is 0 Å². The molecule has 0 bridgehead atoms. The molecule has 0 fully saturated rings. The standard InChI is InChI=1S/C7H8ClN3O2S/c1-9-11-10-6-2-4-7(5-3-6)14(8,12)13/h2-5H,1H3,(H,9,10). The van der Waals surface area contributed by atoms with Gasteiger partial charge in [0, 0.05) is 10.7 Å². The van der Waals surface area contributed by atoms with Crippen LogP contribution in [0.15, 0.2) is 39.5 Å². The fraction of sp³-hybridized carbons (Fsp3) is 0.143. The van der Waals surface area contributed by atoms with Crippen LogP contribution >= 0.6 is 10.7 Å². The summed E-state index contributed by atoms with van der Waals surface area (Å²) in [7, 11) is 2.99. The van der Waals surface area contributed by atoms with Gasteiger partial charge in [0.15, 0.2) is 0 Å². The van der Waals surface area contributed by atoms with Gasteiger partial charge < -0.3 is 0 Å². The number of hydrogen-bond donors (Lipinski definition) is 1. The Morgan fingerprint density at radius 1 is 1.29 bits per heavy atom. The van der Waals surface area contributed by atoms with Gasteiger partial charge in [0.1, 0.15) is 0 Å². The van der Waals surface area contributed by atoms with E-state index >= 15 is 0 Å². The van der Waals surface area contributed by atoms with Crippen molar-refractivity contribution < 1.29 is 8.42 Å². The predicted octanol–water partition coefficient (Wildman–Crippen LogP) is 2.02. The van der Waals surface area contributed by atoms with E-state index in [-0.39, 0.29) is 4.90 Å². The summed E-state index contributed by atoms with van der Waals surface area (Å²) in [5, 5.41) is 7.00. The van der Waals surface area contributed by atoms with Gasteiger partial charge in [-0.25, -0.2) is 8.42 Å². The molecule has 0 heterocycles. The van der Waals surface area contributed by atoms with Crippen molar-refractivity contribution in [3.05, 3.63) is 24.3 Å². The van der Waals surface area contributed by atoms with Gasteiger partial charge in [0.25, 0.3) is 9.05 Å². The maximum atomic E-state index is 10.9. The van der Waals surface area contributed by atoms with Crippen molar-refractivity contribution in [1.82, 2.24) is 0 Å². The fourth-order valence-electron chi connectivity index (χ4n) is 0.800. The number of hydrogen-bond acceptors (Lipinski definition) is 4. The third-order valence-corrected chi connectivity index (χ3v) is 2.78. The molecular weight excluding hydrogens is 226 g/mol. The van der Waals surface area contributed by atoms with E-state index in [9.17, 15) is 8.42 Å². The summed E-state index contributed by atoms with van der Waals surface area (Å²) in [4.78, 5) is 0.0538. The number of nitrogens with zero attached hydrogens (tertiary/aromatic N) is 2. The minimum atomic E-state index is -3.65. The molecule has 0 radical (unpaired) electrons. The van der Waals surface area contributed by atoms with Crippen molar-refractivity contribution in [1.29, 1.82) is 0 Å². The lowest BCUT2D eigenvalue weighted by Crippen LogP contribution is -1.91. The first-order valence-electron chi connectivity index (χ1n) is 3.63. The van der Waals surface area contributed by atoms with E-state index in [1.54, 1.807) is 12.1 Å². The molecule has 1 N–H and O–H groups in total. The van der Waals surface area contributed by atoms with Crippen LogP contribution in [0.3, 0.4) is 0 Å². The van der Waals surface area contributed by atoms with Crippen molar-refractivity contribution in [2.75, 3.05) is 12.5 Å². The molecule has 0 amide bonds. The van der Waals surface area contributed by atoms with E-state index in [2.05, 4.69) is 15.8 Å². The van der Waals surface area contributed by atoms with Crippen LogP contribution in [0.1, 0.15) is 0 Å². The molecule has 5 nitrogen and oxygen atoms in total. The van der Waals surface area contributed by atoms with E-state index in [0.29, 0.717) is 5.69 Å². The maximum Gasteiger partial charge on any atom is 0.261 e. The molecule has 0 aliphatic carbocycles. The van der Waals surface area contributed by atoms with Crippen LogP contribution in [0.25, 0.3) is 0 Å². The Bertz CT molecular complexity index is 427. The van der Waals surface area contributed by atoms with Crippen LogP contribution in [0.4, 0.5) is 5.69 Å². The summed E-state index contributed by atoms with van der Waals surface area (Å²) >= 11 is 0. The molecule has 0 aromatic heterocycles. The minimum absolute atomic E-state index is 0.0538. The van der Waals surface area contributed by atoms with Crippen molar-refractivity contribution in [3.8, 4) is 0 Å². The minimum Gasteiger partial charge on any atom is -0.260 e. The highest BCUT2D eigenvalue weighted by molar-refractivity contribution is 8.13. The zero-order valence-corrected chi connectivity index (χ0v) is 8.88. The van der Waals surface area contributed by atoms with Crippen molar-refractivity contribution in [2.45, 2.75) is 4.90 Å². The van der Waals surface area contributed by atoms with Crippen molar-refractivity contribution in [2.24, 2.45) is 10.3 Å². The van der Waals surface area contributed by atoms with Gasteiger partial charge in [0.05, 0.1) is 17.6 Å². The van der Waals surface area contributed by atoms with Crippen LogP contribution in [-0.4, -0.2) is 15.5 Å². The van der Waals surface area contributed by atoms with Crippen LogP contribution < -0.4 is 5.43 Å². The van der Waals surface area contributed by atoms with Gasteiger partial charge in [-0.3, -0.25) is 5.43 Å². The topological polar surface area (TPSA) is 70.9 Å². The molecule has 76 valence electrons. The number of anilines is 1. The van der Waals surface area contributed by atoms with Crippen molar-refractivity contribution >= 4 is 25.4 Å². The number of benzene rings is 1. The lowest BCUT2D eigenvalue weighted by atomic mass is 10.3. The Balaban J connectivity index is 2.89. The fourth-order valence-corrected chi connectivity index (χ4v) is 1.57. The average Bonchev–Trinajstić information content (AvgIpc) is 2.14. The third kappa shape index (κ3) is 2.97. The Morgan fingerprint density at radius 3 is 2.29 bits per heavy atom. The molecule has 0 spiro atoms. The highest BCUT2D eigenvalue weighted by atomic mass is 35.7. The third-order valence-electron chi connectivity index (χ3n) is 1.41. The maximum absolute atomic E-state index is 10.9. The van der Waals surface area contributed by atoms with Gasteiger partial charge >= 0.3 is 0 Å². The molecule has 0 unspecified atom stereocenters. The van der Waals surface area contributed by atoms with E-state index in [4.69, 9.17) is 10.7 Å². The van der Waals surface area contributed by atoms with E-state index in [1.165, 1.54) is 19.2 Å². The highest BCUT2D eigenvalue weighted by Gasteiger charge is 2.08. The molecule has 1 aromatic rings. The normalized spacial score (nSPS) is 11.9. The van der Waals surface area contributed by atoms with Gasteiger partial charge in [0.2, 0.25) is 0 Å². The molecule has 0 atom stereocenters. The summed E-state index contributed by atoms with van der Waals surface area (Å²) in [6.45, 7) is 0. The second kappa shape index (κ2) is 4.39. The monoisotopic (exact) mass is 233 g/mol. The molecule has 14 heavy (non-hydrogen) atoms. The van der Waals surface area contributed by atoms with Crippen LogP contribution in [0.5, 0.6) is 0 Å². The summed E-state index contributed by atoms with van der Waals surface area (Å²) in [5.74, 6) is 0.